The predicted octanol–water partition coefficient (Wildman–Crippen LogP) is 4.02. The Morgan fingerprint density at radius 1 is 1.03 bits per heavy atom. The van der Waals surface area contributed by atoms with E-state index in [1.54, 1.807) is 19.1 Å². The van der Waals surface area contributed by atoms with Gasteiger partial charge in [0.15, 0.2) is 0 Å². The molecule has 1 unspecified atom stereocenters. The number of hydrogen-bond acceptors (Lipinski definition) is 5. The Morgan fingerprint density at radius 2 is 1.68 bits per heavy atom. The van der Waals surface area contributed by atoms with E-state index in [0.717, 1.165) is 15.4 Å². The molecular formula is C27H30ClN3O5S. The van der Waals surface area contributed by atoms with E-state index >= 15 is 0 Å². The average Bonchev–Trinajstić information content (AvgIpc) is 2.90. The number of carbonyl (C=O) groups is 2. The summed E-state index contributed by atoms with van der Waals surface area (Å²) < 4.78 is 33.6. The molecule has 2 amide bonds. The standard InChI is InChI=1S/C27H30ClN3O5S/c1-19-6-5-7-21(16-19)17-30(20(2)27(33)29-3)26(32)18-31(23-10-8-22(28)9-11-23)37(34,35)25-14-12-24(36-4)13-15-25/h5-16,20H,17-18H2,1-4H3,(H,29,33). The summed E-state index contributed by atoms with van der Waals surface area (Å²) >= 11 is 6.03. The summed E-state index contributed by atoms with van der Waals surface area (Å²) in [5.74, 6) is -0.404. The van der Waals surface area contributed by atoms with Crippen LogP contribution in [0.1, 0.15) is 18.1 Å². The number of anilines is 1. The van der Waals surface area contributed by atoms with Crippen LogP contribution < -0.4 is 14.4 Å². The molecule has 0 saturated heterocycles. The lowest BCUT2D eigenvalue weighted by molar-refractivity contribution is -0.139. The van der Waals surface area contributed by atoms with Crippen LogP contribution in [0.3, 0.4) is 0 Å². The zero-order valence-electron chi connectivity index (χ0n) is 21.1. The van der Waals surface area contributed by atoms with Gasteiger partial charge >= 0.3 is 0 Å². The van der Waals surface area contributed by atoms with E-state index in [1.165, 1.54) is 55.5 Å². The summed E-state index contributed by atoms with van der Waals surface area (Å²) in [4.78, 5) is 27.6. The first kappa shape index (κ1) is 28.0. The number of nitrogens with zero attached hydrogens (tertiary/aromatic N) is 2. The van der Waals surface area contributed by atoms with E-state index < -0.39 is 28.5 Å². The maximum Gasteiger partial charge on any atom is 0.264 e. The number of nitrogens with one attached hydrogen (secondary N) is 1. The predicted molar refractivity (Wildman–Crippen MR) is 144 cm³/mol. The van der Waals surface area contributed by atoms with Crippen LogP contribution in [0.25, 0.3) is 0 Å². The minimum absolute atomic E-state index is 0.0133. The number of carbonyl (C=O) groups excluding carboxylic acids is 2. The third-order valence-corrected chi connectivity index (χ3v) is 7.93. The van der Waals surface area contributed by atoms with Crippen molar-refractivity contribution in [2.45, 2.75) is 31.3 Å². The van der Waals surface area contributed by atoms with Gasteiger partial charge in [-0.3, -0.25) is 13.9 Å². The Hall–Kier alpha value is -3.56. The Kier molecular flexibility index (Phi) is 9.18. The molecule has 3 aromatic rings. The fourth-order valence-corrected chi connectivity index (χ4v) is 5.35. The van der Waals surface area contributed by atoms with Crippen LogP contribution in [-0.2, 0) is 26.2 Å². The van der Waals surface area contributed by atoms with Crippen LogP contribution in [0.15, 0.2) is 77.7 Å². The largest absolute Gasteiger partial charge is 0.497 e. The van der Waals surface area contributed by atoms with Crippen LogP contribution in [-0.4, -0.2) is 51.9 Å². The van der Waals surface area contributed by atoms with Crippen LogP contribution in [0, 0.1) is 6.92 Å². The van der Waals surface area contributed by atoms with E-state index in [1.807, 2.05) is 31.2 Å². The highest BCUT2D eigenvalue weighted by atomic mass is 35.5. The molecule has 1 atom stereocenters. The van der Waals surface area contributed by atoms with Gasteiger partial charge in [-0.25, -0.2) is 8.42 Å². The summed E-state index contributed by atoms with van der Waals surface area (Å²) in [5.41, 5.74) is 2.08. The minimum Gasteiger partial charge on any atom is -0.497 e. The van der Waals surface area contributed by atoms with Crippen LogP contribution in [0.4, 0.5) is 5.69 Å². The third kappa shape index (κ3) is 6.81. The summed E-state index contributed by atoms with van der Waals surface area (Å²) in [7, 11) is -1.19. The normalized spacial score (nSPS) is 11.9. The lowest BCUT2D eigenvalue weighted by Crippen LogP contribution is -2.50. The van der Waals surface area contributed by atoms with Gasteiger partial charge in [-0.2, -0.15) is 0 Å². The Balaban J connectivity index is 2.02. The molecule has 3 rings (SSSR count). The van der Waals surface area contributed by atoms with Gasteiger partial charge in [-0.1, -0.05) is 41.4 Å². The van der Waals surface area contributed by atoms with E-state index in [-0.39, 0.29) is 23.0 Å². The first-order valence-electron chi connectivity index (χ1n) is 11.6. The highest BCUT2D eigenvalue weighted by Gasteiger charge is 2.32. The lowest BCUT2D eigenvalue weighted by atomic mass is 10.1. The van der Waals surface area contributed by atoms with Crippen molar-refractivity contribution in [2.75, 3.05) is 25.0 Å². The van der Waals surface area contributed by atoms with Gasteiger partial charge in [-0.05, 0) is 67.9 Å². The molecule has 8 nitrogen and oxygen atoms in total. The monoisotopic (exact) mass is 543 g/mol. The number of halogens is 1. The lowest BCUT2D eigenvalue weighted by Gasteiger charge is -2.31. The van der Waals surface area contributed by atoms with E-state index in [0.29, 0.717) is 10.8 Å². The third-order valence-electron chi connectivity index (χ3n) is 5.89. The van der Waals surface area contributed by atoms with E-state index in [2.05, 4.69) is 5.32 Å². The molecule has 0 radical (unpaired) electrons. The molecule has 196 valence electrons. The number of amides is 2. The van der Waals surface area contributed by atoms with Crippen molar-refractivity contribution in [2.24, 2.45) is 0 Å². The number of hydrogen-bond donors (Lipinski definition) is 1. The summed E-state index contributed by atoms with van der Waals surface area (Å²) in [6.07, 6.45) is 0. The minimum atomic E-state index is -4.16. The molecule has 10 heteroatoms. The molecule has 0 bridgehead atoms. The zero-order chi connectivity index (χ0) is 27.2. The highest BCUT2D eigenvalue weighted by Crippen LogP contribution is 2.27. The van der Waals surface area contributed by atoms with Crippen molar-refractivity contribution in [3.05, 3.63) is 88.9 Å². The molecular weight excluding hydrogens is 514 g/mol. The van der Waals surface area contributed by atoms with Crippen LogP contribution >= 0.6 is 11.6 Å². The van der Waals surface area contributed by atoms with Crippen molar-refractivity contribution in [1.82, 2.24) is 10.2 Å². The van der Waals surface area contributed by atoms with Crippen molar-refractivity contribution in [3.63, 3.8) is 0 Å². The second-order valence-corrected chi connectivity index (χ2v) is 10.8. The Morgan fingerprint density at radius 3 is 2.24 bits per heavy atom. The summed E-state index contributed by atoms with van der Waals surface area (Å²) in [6, 6.07) is 18.8. The SMILES string of the molecule is CNC(=O)C(C)N(Cc1cccc(C)c1)C(=O)CN(c1ccc(Cl)cc1)S(=O)(=O)c1ccc(OC)cc1. The zero-order valence-corrected chi connectivity index (χ0v) is 22.7. The summed E-state index contributed by atoms with van der Waals surface area (Å²) in [5, 5.41) is 2.99. The topological polar surface area (TPSA) is 96.0 Å². The van der Waals surface area contributed by atoms with E-state index in [4.69, 9.17) is 16.3 Å². The number of rotatable bonds is 10. The fourth-order valence-electron chi connectivity index (χ4n) is 3.81. The van der Waals surface area contributed by atoms with Crippen molar-refractivity contribution in [3.8, 4) is 5.75 Å². The molecule has 0 fully saturated rings. The number of aryl methyl sites for hydroxylation is 1. The molecule has 37 heavy (non-hydrogen) atoms. The first-order chi connectivity index (χ1) is 17.6. The smallest absolute Gasteiger partial charge is 0.264 e. The number of ether oxygens (including phenoxy) is 1. The van der Waals surface area contributed by atoms with Gasteiger partial charge in [0.2, 0.25) is 11.8 Å². The molecule has 0 heterocycles. The van der Waals surface area contributed by atoms with Gasteiger partial charge in [-0.15, -0.1) is 0 Å². The maximum atomic E-state index is 13.7. The molecule has 0 aliphatic rings. The summed E-state index contributed by atoms with van der Waals surface area (Å²) in [6.45, 7) is 3.15. The average molecular weight is 544 g/mol. The molecule has 0 aliphatic carbocycles. The Bertz CT molecular complexity index is 1350. The molecule has 0 aliphatic heterocycles. The highest BCUT2D eigenvalue weighted by molar-refractivity contribution is 7.92. The van der Waals surface area contributed by atoms with Gasteiger partial charge in [0.25, 0.3) is 10.0 Å². The maximum absolute atomic E-state index is 13.7. The molecule has 0 spiro atoms. The van der Waals surface area contributed by atoms with Crippen molar-refractivity contribution < 1.29 is 22.7 Å². The number of benzene rings is 3. The second-order valence-electron chi connectivity index (χ2n) is 8.46. The molecule has 1 N–H and O–H groups in total. The molecule has 0 aromatic heterocycles. The number of likely N-dealkylation sites (N-methyl/N-ethyl adjacent to an activating group) is 1. The van der Waals surface area contributed by atoms with Crippen molar-refractivity contribution in [1.29, 1.82) is 0 Å². The number of methoxy groups -OCH3 is 1. The second kappa shape index (κ2) is 12.1. The van der Waals surface area contributed by atoms with Gasteiger partial charge < -0.3 is 15.0 Å². The fraction of sp³-hybridized carbons (Fsp3) is 0.259. The van der Waals surface area contributed by atoms with Gasteiger partial charge in [0.1, 0.15) is 18.3 Å². The van der Waals surface area contributed by atoms with Gasteiger partial charge in [0, 0.05) is 18.6 Å². The van der Waals surface area contributed by atoms with Gasteiger partial charge in [0.05, 0.1) is 17.7 Å². The molecule has 0 saturated carbocycles. The Labute approximate surface area is 222 Å². The number of sulfonamides is 1. The van der Waals surface area contributed by atoms with Crippen LogP contribution in [0.5, 0.6) is 5.75 Å². The quantitative estimate of drug-likeness (QED) is 0.417. The van der Waals surface area contributed by atoms with Crippen molar-refractivity contribution >= 4 is 39.1 Å². The van der Waals surface area contributed by atoms with Crippen LogP contribution in [0.2, 0.25) is 5.02 Å². The first-order valence-corrected chi connectivity index (χ1v) is 13.4. The van der Waals surface area contributed by atoms with E-state index in [9.17, 15) is 18.0 Å². The molecule has 3 aromatic carbocycles.